The molecule has 1 aliphatic heterocycles. The van der Waals surface area contributed by atoms with E-state index in [-0.39, 0.29) is 11.5 Å². The van der Waals surface area contributed by atoms with Crippen LogP contribution in [0.15, 0.2) is 18.5 Å². The SMILES string of the molecule is COc1cc2c(N3CC4(CC(N(C)S(N)(=O)=O)C4)C3)cnn2cc1OC. The van der Waals surface area contributed by atoms with Crippen molar-refractivity contribution < 1.29 is 17.9 Å². The largest absolute Gasteiger partial charge is 0.493 e. The van der Waals surface area contributed by atoms with Crippen LogP contribution in [0, 0.1) is 5.41 Å². The summed E-state index contributed by atoms with van der Waals surface area (Å²) in [5, 5.41) is 9.62. The van der Waals surface area contributed by atoms with Gasteiger partial charge in [-0.15, -0.1) is 0 Å². The number of rotatable bonds is 5. The van der Waals surface area contributed by atoms with Gasteiger partial charge >= 0.3 is 0 Å². The summed E-state index contributed by atoms with van der Waals surface area (Å²) in [6, 6.07) is 1.92. The van der Waals surface area contributed by atoms with Crippen molar-refractivity contribution in [1.82, 2.24) is 13.9 Å². The van der Waals surface area contributed by atoms with Crippen molar-refractivity contribution in [2.45, 2.75) is 18.9 Å². The molecule has 1 aliphatic carbocycles. The molecule has 0 atom stereocenters. The van der Waals surface area contributed by atoms with Gasteiger partial charge < -0.3 is 14.4 Å². The molecular weight excluding hydrogens is 358 g/mol. The Balaban J connectivity index is 1.49. The molecule has 3 heterocycles. The van der Waals surface area contributed by atoms with E-state index < -0.39 is 10.2 Å². The van der Waals surface area contributed by atoms with Gasteiger partial charge in [-0.2, -0.15) is 17.8 Å². The minimum absolute atomic E-state index is 0.000381. The first-order valence-electron chi connectivity index (χ1n) is 8.36. The Hall–Kier alpha value is -2.04. The molecule has 9 nitrogen and oxygen atoms in total. The second kappa shape index (κ2) is 5.73. The Kier molecular flexibility index (Phi) is 3.83. The first kappa shape index (κ1) is 17.4. The summed E-state index contributed by atoms with van der Waals surface area (Å²) >= 11 is 0. The minimum atomic E-state index is -3.62. The minimum Gasteiger partial charge on any atom is -0.493 e. The van der Waals surface area contributed by atoms with Crippen LogP contribution in [-0.4, -0.2) is 62.7 Å². The fraction of sp³-hybridized carbons (Fsp3) is 0.562. The third kappa shape index (κ3) is 2.60. The van der Waals surface area contributed by atoms with E-state index in [4.69, 9.17) is 14.6 Å². The zero-order chi connectivity index (χ0) is 18.7. The topological polar surface area (TPSA) is 102 Å². The molecule has 1 spiro atoms. The summed E-state index contributed by atoms with van der Waals surface area (Å²) in [7, 11) is 1.14. The van der Waals surface area contributed by atoms with Crippen LogP contribution < -0.4 is 19.5 Å². The van der Waals surface area contributed by atoms with Crippen molar-refractivity contribution in [3.63, 3.8) is 0 Å². The fourth-order valence-electron chi connectivity index (χ4n) is 4.13. The first-order chi connectivity index (χ1) is 12.3. The predicted octanol–water partition coefficient (Wildman–Crippen LogP) is 0.456. The summed E-state index contributed by atoms with van der Waals surface area (Å²) in [5.74, 6) is 1.29. The van der Waals surface area contributed by atoms with E-state index in [1.165, 1.54) is 4.31 Å². The Morgan fingerprint density at radius 1 is 1.27 bits per heavy atom. The number of nitrogens with two attached hydrogens (primary N) is 1. The predicted molar refractivity (Wildman–Crippen MR) is 96.8 cm³/mol. The highest BCUT2D eigenvalue weighted by molar-refractivity contribution is 7.86. The monoisotopic (exact) mass is 381 g/mol. The van der Waals surface area contributed by atoms with Crippen molar-refractivity contribution in [1.29, 1.82) is 0 Å². The first-order valence-corrected chi connectivity index (χ1v) is 9.87. The Bertz CT molecular complexity index is 943. The molecule has 0 radical (unpaired) electrons. The molecule has 0 bridgehead atoms. The highest BCUT2D eigenvalue weighted by atomic mass is 32.2. The average Bonchev–Trinajstić information content (AvgIpc) is 2.92. The lowest BCUT2D eigenvalue weighted by atomic mass is 9.60. The van der Waals surface area contributed by atoms with E-state index in [0.29, 0.717) is 11.5 Å². The van der Waals surface area contributed by atoms with E-state index in [1.807, 2.05) is 12.3 Å². The molecule has 0 unspecified atom stereocenters. The summed E-state index contributed by atoms with van der Waals surface area (Å²) in [5.41, 5.74) is 2.17. The Labute approximate surface area is 152 Å². The zero-order valence-corrected chi connectivity index (χ0v) is 15.9. The Morgan fingerprint density at radius 2 is 1.92 bits per heavy atom. The fourth-order valence-corrected chi connectivity index (χ4v) is 4.69. The number of aromatic nitrogens is 2. The van der Waals surface area contributed by atoms with Gasteiger partial charge in [-0.05, 0) is 12.8 Å². The van der Waals surface area contributed by atoms with Gasteiger partial charge in [0.1, 0.15) is 0 Å². The normalized spacial score (nSPS) is 19.7. The number of pyridine rings is 1. The molecule has 2 aliphatic rings. The number of hydrogen-bond donors (Lipinski definition) is 1. The second-order valence-corrected chi connectivity index (χ2v) is 8.86. The van der Waals surface area contributed by atoms with Crippen LogP contribution >= 0.6 is 0 Å². The van der Waals surface area contributed by atoms with Crippen LogP contribution in [0.5, 0.6) is 11.5 Å². The molecule has 2 aromatic heterocycles. The lowest BCUT2D eigenvalue weighted by Crippen LogP contribution is -2.67. The van der Waals surface area contributed by atoms with Crippen LogP contribution in [0.2, 0.25) is 0 Å². The van der Waals surface area contributed by atoms with Crippen molar-refractivity contribution in [2.75, 3.05) is 39.3 Å². The summed E-state index contributed by atoms with van der Waals surface area (Å²) < 4.78 is 36.7. The molecule has 2 N–H and O–H groups in total. The van der Waals surface area contributed by atoms with Crippen molar-refractivity contribution in [2.24, 2.45) is 10.6 Å². The van der Waals surface area contributed by atoms with Crippen LogP contribution in [0.4, 0.5) is 5.69 Å². The number of hydrogen-bond acceptors (Lipinski definition) is 6. The smallest absolute Gasteiger partial charge is 0.276 e. The van der Waals surface area contributed by atoms with Gasteiger partial charge in [0.05, 0.1) is 37.8 Å². The number of methoxy groups -OCH3 is 2. The maximum atomic E-state index is 11.5. The highest BCUT2D eigenvalue weighted by Gasteiger charge is 2.54. The molecule has 2 aromatic rings. The third-order valence-corrected chi connectivity index (χ3v) is 6.75. The van der Waals surface area contributed by atoms with Crippen LogP contribution in [0.1, 0.15) is 12.8 Å². The average molecular weight is 381 g/mol. The molecule has 26 heavy (non-hydrogen) atoms. The number of anilines is 1. The lowest BCUT2D eigenvalue weighted by Gasteiger charge is -2.60. The molecule has 0 aromatic carbocycles. The molecule has 1 saturated carbocycles. The highest BCUT2D eigenvalue weighted by Crippen LogP contribution is 2.52. The molecule has 10 heteroatoms. The van der Waals surface area contributed by atoms with Gasteiger partial charge in [0.25, 0.3) is 10.2 Å². The number of nitrogens with zero attached hydrogens (tertiary/aromatic N) is 4. The number of fused-ring (bicyclic) bond motifs is 1. The standard InChI is InChI=1S/C16H23N5O4S/c1-19(26(17,22)23)11-5-16(6-11)9-20(10-16)13-7-18-21-8-15(25-3)14(24-2)4-12(13)21/h4,7-8,11H,5-6,9-10H2,1-3H3,(H2,17,22,23). The van der Waals surface area contributed by atoms with E-state index in [9.17, 15) is 8.42 Å². The van der Waals surface area contributed by atoms with Crippen molar-refractivity contribution >= 4 is 21.4 Å². The van der Waals surface area contributed by atoms with E-state index in [2.05, 4.69) is 10.00 Å². The van der Waals surface area contributed by atoms with E-state index in [1.54, 1.807) is 32.0 Å². The maximum Gasteiger partial charge on any atom is 0.276 e. The summed E-state index contributed by atoms with van der Waals surface area (Å²) in [6.45, 7) is 1.77. The molecule has 1 saturated heterocycles. The molecule has 4 rings (SSSR count). The van der Waals surface area contributed by atoms with Gasteiger partial charge in [0, 0.05) is 37.7 Å². The second-order valence-electron chi connectivity index (χ2n) is 7.25. The van der Waals surface area contributed by atoms with Crippen molar-refractivity contribution in [3.8, 4) is 11.5 Å². The van der Waals surface area contributed by atoms with E-state index in [0.717, 1.165) is 37.1 Å². The van der Waals surface area contributed by atoms with Gasteiger partial charge in [-0.1, -0.05) is 0 Å². The molecular formula is C16H23N5O4S. The quantitative estimate of drug-likeness (QED) is 0.807. The van der Waals surface area contributed by atoms with Gasteiger partial charge in [-0.25, -0.2) is 9.65 Å². The summed E-state index contributed by atoms with van der Waals surface area (Å²) in [6.07, 6.45) is 5.32. The maximum absolute atomic E-state index is 11.5. The lowest BCUT2D eigenvalue weighted by molar-refractivity contribution is 0.0212. The van der Waals surface area contributed by atoms with Crippen LogP contribution in [0.3, 0.4) is 0 Å². The zero-order valence-electron chi connectivity index (χ0n) is 15.0. The summed E-state index contributed by atoms with van der Waals surface area (Å²) in [4.78, 5) is 2.27. The molecule has 142 valence electrons. The van der Waals surface area contributed by atoms with Crippen molar-refractivity contribution in [3.05, 3.63) is 18.5 Å². The van der Waals surface area contributed by atoms with Crippen LogP contribution in [0.25, 0.3) is 5.52 Å². The van der Waals surface area contributed by atoms with Gasteiger partial charge in [-0.3, -0.25) is 0 Å². The Morgan fingerprint density at radius 3 is 2.50 bits per heavy atom. The van der Waals surface area contributed by atoms with Gasteiger partial charge in [0.2, 0.25) is 0 Å². The third-order valence-electron chi connectivity index (χ3n) is 5.65. The molecule has 2 fully saturated rings. The molecule has 0 amide bonds. The van der Waals surface area contributed by atoms with Gasteiger partial charge in [0.15, 0.2) is 11.5 Å². The number of ether oxygens (including phenoxy) is 2. The van der Waals surface area contributed by atoms with E-state index >= 15 is 0 Å². The van der Waals surface area contributed by atoms with Crippen LogP contribution in [-0.2, 0) is 10.2 Å².